The number of nitrogens with one attached hydrogen (secondary N) is 2. The third-order valence-electron chi connectivity index (χ3n) is 3.66. The van der Waals surface area contributed by atoms with E-state index >= 15 is 0 Å². The molecule has 2 N–H and O–H groups in total. The van der Waals surface area contributed by atoms with Crippen LogP contribution in [0.25, 0.3) is 0 Å². The van der Waals surface area contributed by atoms with Gasteiger partial charge in [0.05, 0.1) is 4.92 Å². The van der Waals surface area contributed by atoms with E-state index < -0.39 is 28.6 Å². The van der Waals surface area contributed by atoms with Gasteiger partial charge in [-0.25, -0.2) is 4.39 Å². The van der Waals surface area contributed by atoms with Crippen LogP contribution >= 0.6 is 11.8 Å². The molecule has 0 fully saturated rings. The standard InChI is InChI=1S/C18H18FN3O4S/c1-27-10-9-16(18(24)20-14-7-5-13(19)6-8-14)21-17(23)12-3-2-4-15(11-12)22(25)26/h2-8,11,16H,9-10H2,1H3,(H,20,24)(H,21,23). The molecule has 0 spiro atoms. The van der Waals surface area contributed by atoms with E-state index in [-0.39, 0.29) is 11.3 Å². The highest BCUT2D eigenvalue weighted by atomic mass is 32.2. The molecule has 9 heteroatoms. The summed E-state index contributed by atoms with van der Waals surface area (Å²) in [5, 5.41) is 16.1. The van der Waals surface area contributed by atoms with E-state index in [4.69, 9.17) is 0 Å². The van der Waals surface area contributed by atoms with Crippen molar-refractivity contribution in [3.63, 3.8) is 0 Å². The number of rotatable bonds is 8. The Bertz CT molecular complexity index is 830. The molecule has 0 aliphatic carbocycles. The van der Waals surface area contributed by atoms with E-state index in [1.165, 1.54) is 54.2 Å². The number of hydrogen-bond acceptors (Lipinski definition) is 5. The highest BCUT2D eigenvalue weighted by Crippen LogP contribution is 2.14. The summed E-state index contributed by atoms with van der Waals surface area (Å²) in [5.41, 5.74) is 0.284. The van der Waals surface area contributed by atoms with Crippen molar-refractivity contribution in [2.24, 2.45) is 0 Å². The van der Waals surface area contributed by atoms with Gasteiger partial charge in [0.1, 0.15) is 11.9 Å². The number of thioether (sulfide) groups is 1. The van der Waals surface area contributed by atoms with Gasteiger partial charge < -0.3 is 10.6 Å². The smallest absolute Gasteiger partial charge is 0.270 e. The van der Waals surface area contributed by atoms with Crippen molar-refractivity contribution >= 4 is 35.0 Å². The first-order valence-electron chi connectivity index (χ1n) is 8.01. The summed E-state index contributed by atoms with van der Waals surface area (Å²) in [6.07, 6.45) is 2.24. The number of non-ortho nitro benzene ring substituents is 1. The lowest BCUT2D eigenvalue weighted by Gasteiger charge is -2.18. The fourth-order valence-electron chi connectivity index (χ4n) is 2.27. The Morgan fingerprint density at radius 1 is 1.22 bits per heavy atom. The molecule has 0 aliphatic heterocycles. The zero-order chi connectivity index (χ0) is 19.8. The van der Waals surface area contributed by atoms with Crippen molar-refractivity contribution in [3.05, 3.63) is 70.0 Å². The second-order valence-electron chi connectivity index (χ2n) is 5.61. The molecular weight excluding hydrogens is 373 g/mol. The van der Waals surface area contributed by atoms with Crippen LogP contribution in [0.5, 0.6) is 0 Å². The number of benzene rings is 2. The minimum absolute atomic E-state index is 0.0907. The van der Waals surface area contributed by atoms with Crippen LogP contribution in [0.3, 0.4) is 0 Å². The van der Waals surface area contributed by atoms with Crippen LogP contribution in [0.15, 0.2) is 48.5 Å². The van der Waals surface area contributed by atoms with Crippen LogP contribution in [0.1, 0.15) is 16.8 Å². The number of nitrogens with zero attached hydrogens (tertiary/aromatic N) is 1. The van der Waals surface area contributed by atoms with Crippen molar-refractivity contribution in [2.45, 2.75) is 12.5 Å². The Labute approximate surface area is 159 Å². The summed E-state index contributed by atoms with van der Waals surface area (Å²) >= 11 is 1.51. The Morgan fingerprint density at radius 2 is 1.93 bits per heavy atom. The van der Waals surface area contributed by atoms with Gasteiger partial charge >= 0.3 is 0 Å². The molecule has 27 heavy (non-hydrogen) atoms. The summed E-state index contributed by atoms with van der Waals surface area (Å²) in [6, 6.07) is 9.70. The van der Waals surface area contributed by atoms with Gasteiger partial charge in [-0.15, -0.1) is 0 Å². The molecule has 2 rings (SSSR count). The van der Waals surface area contributed by atoms with Crippen molar-refractivity contribution in [2.75, 3.05) is 17.3 Å². The van der Waals surface area contributed by atoms with Gasteiger partial charge in [-0.1, -0.05) is 6.07 Å². The van der Waals surface area contributed by atoms with E-state index in [0.717, 1.165) is 6.07 Å². The number of carbonyl (C=O) groups excluding carboxylic acids is 2. The monoisotopic (exact) mass is 391 g/mol. The summed E-state index contributed by atoms with van der Waals surface area (Å²) in [7, 11) is 0. The maximum absolute atomic E-state index is 13.0. The summed E-state index contributed by atoms with van der Waals surface area (Å²) < 4.78 is 13.0. The van der Waals surface area contributed by atoms with Gasteiger partial charge in [-0.3, -0.25) is 19.7 Å². The number of amides is 2. The first kappa shape index (κ1) is 20.4. The molecule has 1 unspecified atom stereocenters. The lowest BCUT2D eigenvalue weighted by molar-refractivity contribution is -0.384. The van der Waals surface area contributed by atoms with Crippen molar-refractivity contribution < 1.29 is 18.9 Å². The normalized spacial score (nSPS) is 11.5. The molecule has 1 atom stereocenters. The van der Waals surface area contributed by atoms with E-state index in [0.29, 0.717) is 17.9 Å². The molecule has 0 heterocycles. The SMILES string of the molecule is CSCCC(NC(=O)c1cccc([N+](=O)[O-])c1)C(=O)Nc1ccc(F)cc1. The van der Waals surface area contributed by atoms with Crippen molar-refractivity contribution in [1.29, 1.82) is 0 Å². The third-order valence-corrected chi connectivity index (χ3v) is 4.31. The maximum Gasteiger partial charge on any atom is 0.270 e. The van der Waals surface area contributed by atoms with Crippen LogP contribution < -0.4 is 10.6 Å². The first-order valence-corrected chi connectivity index (χ1v) is 9.41. The Kier molecular flexibility index (Phi) is 7.30. The predicted octanol–water partition coefficient (Wildman–Crippen LogP) is 3.22. The van der Waals surface area contributed by atoms with Crippen LogP contribution in [0, 0.1) is 15.9 Å². The number of halogens is 1. The number of anilines is 1. The molecule has 2 aromatic carbocycles. The van der Waals surface area contributed by atoms with E-state index in [9.17, 15) is 24.1 Å². The molecule has 0 saturated carbocycles. The largest absolute Gasteiger partial charge is 0.340 e. The second kappa shape index (κ2) is 9.67. The summed E-state index contributed by atoms with van der Waals surface area (Å²) in [6.45, 7) is 0. The zero-order valence-electron chi connectivity index (χ0n) is 14.5. The topological polar surface area (TPSA) is 101 Å². The van der Waals surface area contributed by atoms with Crippen LogP contribution in [-0.4, -0.2) is 34.8 Å². The van der Waals surface area contributed by atoms with Gasteiger partial charge in [-0.05, 0) is 48.8 Å². The molecule has 142 valence electrons. The maximum atomic E-state index is 13.0. The quantitative estimate of drug-likeness (QED) is 0.531. The van der Waals surface area contributed by atoms with Crippen molar-refractivity contribution in [1.82, 2.24) is 5.32 Å². The first-order chi connectivity index (χ1) is 12.9. The molecule has 0 saturated heterocycles. The molecule has 0 aliphatic rings. The predicted molar refractivity (Wildman–Crippen MR) is 102 cm³/mol. The van der Waals surface area contributed by atoms with Gasteiger partial charge in [0.2, 0.25) is 5.91 Å². The van der Waals surface area contributed by atoms with E-state index in [1.54, 1.807) is 0 Å². The molecular formula is C18H18FN3O4S. The fourth-order valence-corrected chi connectivity index (χ4v) is 2.74. The molecule has 0 bridgehead atoms. The van der Waals surface area contributed by atoms with Gasteiger partial charge in [0.15, 0.2) is 0 Å². The summed E-state index contributed by atoms with van der Waals surface area (Å²) in [5.74, 6) is -0.837. The molecule has 2 aromatic rings. The van der Waals surface area contributed by atoms with Gasteiger partial charge in [-0.2, -0.15) is 11.8 Å². The number of nitro benzene ring substituents is 1. The highest BCUT2D eigenvalue weighted by molar-refractivity contribution is 7.98. The fraction of sp³-hybridized carbons (Fsp3) is 0.222. The third kappa shape index (κ3) is 6.07. The Balaban J connectivity index is 2.11. The van der Waals surface area contributed by atoms with Crippen LogP contribution in [0.2, 0.25) is 0 Å². The Hall–Kier alpha value is -2.94. The van der Waals surface area contributed by atoms with E-state index in [2.05, 4.69) is 10.6 Å². The minimum atomic E-state index is -0.839. The summed E-state index contributed by atoms with van der Waals surface area (Å²) in [4.78, 5) is 35.2. The number of nitro groups is 1. The zero-order valence-corrected chi connectivity index (χ0v) is 15.3. The molecule has 0 radical (unpaired) electrons. The lowest BCUT2D eigenvalue weighted by atomic mass is 10.1. The van der Waals surface area contributed by atoms with Crippen LogP contribution in [-0.2, 0) is 4.79 Å². The van der Waals surface area contributed by atoms with Gasteiger partial charge in [0.25, 0.3) is 11.6 Å². The Morgan fingerprint density at radius 3 is 2.56 bits per heavy atom. The van der Waals surface area contributed by atoms with Crippen molar-refractivity contribution in [3.8, 4) is 0 Å². The average molecular weight is 391 g/mol. The lowest BCUT2D eigenvalue weighted by Crippen LogP contribution is -2.44. The number of carbonyl (C=O) groups is 2. The molecule has 2 amide bonds. The molecule has 0 aromatic heterocycles. The average Bonchev–Trinajstić information content (AvgIpc) is 2.66. The minimum Gasteiger partial charge on any atom is -0.340 e. The van der Waals surface area contributed by atoms with Gasteiger partial charge in [0, 0.05) is 23.4 Å². The number of hydrogen-bond donors (Lipinski definition) is 2. The van der Waals surface area contributed by atoms with E-state index in [1.807, 2.05) is 6.26 Å². The second-order valence-corrected chi connectivity index (χ2v) is 6.60. The molecule has 7 nitrogen and oxygen atoms in total. The van der Waals surface area contributed by atoms with Crippen LogP contribution in [0.4, 0.5) is 15.8 Å². The highest BCUT2D eigenvalue weighted by Gasteiger charge is 2.22.